The van der Waals surface area contributed by atoms with Gasteiger partial charge in [0.1, 0.15) is 0 Å². The van der Waals surface area contributed by atoms with Gasteiger partial charge in [0.15, 0.2) is 12.4 Å². The zero-order valence-corrected chi connectivity index (χ0v) is 15.9. The first-order valence-electron chi connectivity index (χ1n) is 9.57. The summed E-state index contributed by atoms with van der Waals surface area (Å²) in [7, 11) is 0. The molecule has 1 aliphatic rings. The van der Waals surface area contributed by atoms with Crippen LogP contribution in [0.5, 0.6) is 0 Å². The Morgan fingerprint density at radius 1 is 0.893 bits per heavy atom. The second-order valence-corrected chi connectivity index (χ2v) is 7.31. The molecule has 3 heteroatoms. The number of fused-ring (bicyclic) bond motifs is 3. The van der Waals surface area contributed by atoms with Crippen molar-refractivity contribution in [1.29, 1.82) is 0 Å². The second-order valence-electron chi connectivity index (χ2n) is 7.31. The Labute approximate surface area is 165 Å². The summed E-state index contributed by atoms with van der Waals surface area (Å²) >= 11 is 0. The van der Waals surface area contributed by atoms with E-state index >= 15 is 0 Å². The number of rotatable bonds is 6. The molecular weight excluding hydrogens is 348 g/mol. The van der Waals surface area contributed by atoms with Gasteiger partial charge in [-0.3, -0.25) is 9.59 Å². The number of ketones is 1. The van der Waals surface area contributed by atoms with Gasteiger partial charge in [0.25, 0.3) is 0 Å². The lowest BCUT2D eigenvalue weighted by molar-refractivity contribution is -0.142. The molecule has 140 valence electrons. The van der Waals surface area contributed by atoms with Crippen molar-refractivity contribution >= 4 is 11.8 Å². The molecule has 0 radical (unpaired) electrons. The van der Waals surface area contributed by atoms with Crippen LogP contribution in [0.15, 0.2) is 72.8 Å². The number of carbonyl (C=O) groups excluding carboxylic acids is 2. The molecule has 0 aliphatic heterocycles. The molecule has 0 saturated carbocycles. The largest absolute Gasteiger partial charge is 0.457 e. The summed E-state index contributed by atoms with van der Waals surface area (Å²) in [6.45, 7) is 1.76. The predicted octanol–water partition coefficient (Wildman–Crippen LogP) is 5.18. The number of esters is 1. The van der Waals surface area contributed by atoms with Crippen molar-refractivity contribution in [3.8, 4) is 11.1 Å². The van der Waals surface area contributed by atoms with Gasteiger partial charge in [-0.15, -0.1) is 0 Å². The fraction of sp³-hybridized carbons (Fsp3) is 0.200. The fourth-order valence-corrected chi connectivity index (χ4v) is 3.73. The van der Waals surface area contributed by atoms with Crippen LogP contribution in [-0.2, 0) is 16.0 Å². The maximum atomic E-state index is 12.5. The van der Waals surface area contributed by atoms with Crippen molar-refractivity contribution < 1.29 is 14.3 Å². The number of Topliss-reactive ketones (excluding diaryl/α,β-unsaturated/α-hetero) is 1. The highest BCUT2D eigenvalue weighted by Crippen LogP contribution is 2.36. The normalized spacial score (nSPS) is 12.8. The lowest BCUT2D eigenvalue weighted by atomic mass is 9.98. The van der Waals surface area contributed by atoms with Crippen molar-refractivity contribution in [2.45, 2.75) is 25.7 Å². The third-order valence-electron chi connectivity index (χ3n) is 5.33. The number of carbonyl (C=O) groups is 2. The topological polar surface area (TPSA) is 43.4 Å². The highest BCUT2D eigenvalue weighted by atomic mass is 16.5. The minimum atomic E-state index is -0.351. The Kier molecular flexibility index (Phi) is 5.07. The first-order chi connectivity index (χ1) is 13.6. The highest BCUT2D eigenvalue weighted by molar-refractivity contribution is 5.99. The summed E-state index contributed by atoms with van der Waals surface area (Å²) in [5, 5.41) is 0. The molecule has 0 spiro atoms. The van der Waals surface area contributed by atoms with E-state index in [-0.39, 0.29) is 30.7 Å². The van der Waals surface area contributed by atoms with Crippen LogP contribution in [0.4, 0.5) is 0 Å². The van der Waals surface area contributed by atoms with Crippen LogP contribution in [-0.4, -0.2) is 18.4 Å². The first-order valence-corrected chi connectivity index (χ1v) is 9.57. The Bertz CT molecular complexity index is 1020. The van der Waals surface area contributed by atoms with Gasteiger partial charge in [-0.25, -0.2) is 0 Å². The van der Waals surface area contributed by atoms with Crippen LogP contribution >= 0.6 is 0 Å². The van der Waals surface area contributed by atoms with Gasteiger partial charge in [-0.05, 0) is 46.2 Å². The molecule has 3 aromatic carbocycles. The molecule has 3 nitrogen and oxygen atoms in total. The molecule has 28 heavy (non-hydrogen) atoms. The third kappa shape index (κ3) is 3.74. The number of hydrogen-bond acceptors (Lipinski definition) is 3. The maximum Gasteiger partial charge on any atom is 0.306 e. The molecule has 1 unspecified atom stereocenters. The van der Waals surface area contributed by atoms with Gasteiger partial charge >= 0.3 is 5.97 Å². The molecule has 0 amide bonds. The average molecular weight is 370 g/mol. The smallest absolute Gasteiger partial charge is 0.306 e. The predicted molar refractivity (Wildman–Crippen MR) is 109 cm³/mol. The minimum Gasteiger partial charge on any atom is -0.457 e. The lowest BCUT2D eigenvalue weighted by Gasteiger charge is -2.11. The van der Waals surface area contributed by atoms with Gasteiger partial charge in [0, 0.05) is 5.56 Å². The van der Waals surface area contributed by atoms with Crippen LogP contribution in [0.25, 0.3) is 11.1 Å². The van der Waals surface area contributed by atoms with E-state index in [1.54, 1.807) is 0 Å². The molecule has 1 aliphatic carbocycles. The SMILES string of the molecule is CC(CC(=O)OCC(=O)c1ccc2c(c1)-c1ccccc1C2)c1ccccc1. The van der Waals surface area contributed by atoms with Crippen LogP contribution in [0.2, 0.25) is 0 Å². The van der Waals surface area contributed by atoms with Crippen LogP contribution < -0.4 is 0 Å². The van der Waals surface area contributed by atoms with E-state index in [0.29, 0.717) is 5.56 Å². The van der Waals surface area contributed by atoms with E-state index in [4.69, 9.17) is 4.74 Å². The van der Waals surface area contributed by atoms with Crippen LogP contribution in [0, 0.1) is 0 Å². The quantitative estimate of drug-likeness (QED) is 0.347. The molecule has 1 atom stereocenters. The summed E-state index contributed by atoms with van der Waals surface area (Å²) in [5.74, 6) is -0.468. The van der Waals surface area contributed by atoms with Gasteiger partial charge in [0.2, 0.25) is 0 Å². The van der Waals surface area contributed by atoms with Gasteiger partial charge in [0.05, 0.1) is 6.42 Å². The molecule has 0 heterocycles. The molecule has 3 aromatic rings. The van der Waals surface area contributed by atoms with Crippen molar-refractivity contribution in [2.75, 3.05) is 6.61 Å². The Morgan fingerprint density at radius 2 is 1.61 bits per heavy atom. The summed E-state index contributed by atoms with van der Waals surface area (Å²) in [5.41, 5.74) is 6.46. The number of ether oxygens (including phenoxy) is 1. The van der Waals surface area contributed by atoms with Crippen LogP contribution in [0.3, 0.4) is 0 Å². The summed E-state index contributed by atoms with van der Waals surface area (Å²) in [4.78, 5) is 24.7. The molecular formula is C25H22O3. The maximum absolute atomic E-state index is 12.5. The molecule has 0 N–H and O–H groups in total. The number of hydrogen-bond donors (Lipinski definition) is 0. The Morgan fingerprint density at radius 3 is 2.43 bits per heavy atom. The highest BCUT2D eigenvalue weighted by Gasteiger charge is 2.20. The molecule has 0 fully saturated rings. The van der Waals surface area contributed by atoms with E-state index in [2.05, 4.69) is 12.1 Å². The molecule has 0 saturated heterocycles. The Balaban J connectivity index is 1.38. The van der Waals surface area contributed by atoms with Crippen molar-refractivity contribution in [3.63, 3.8) is 0 Å². The fourth-order valence-electron chi connectivity index (χ4n) is 3.73. The average Bonchev–Trinajstić information content (AvgIpc) is 3.10. The summed E-state index contributed by atoms with van der Waals surface area (Å²) in [6, 6.07) is 23.8. The number of benzene rings is 3. The van der Waals surface area contributed by atoms with Gasteiger partial charge in [-0.1, -0.05) is 73.7 Å². The standard InChI is InChI=1S/C25H22O3/c1-17(18-7-3-2-4-8-18)13-25(27)28-16-24(26)21-12-11-20-14-19-9-5-6-10-22(19)23(20)15-21/h2-12,15,17H,13-14,16H2,1H3. The first kappa shape index (κ1) is 18.2. The summed E-state index contributed by atoms with van der Waals surface area (Å²) < 4.78 is 5.25. The van der Waals surface area contributed by atoms with Gasteiger partial charge < -0.3 is 4.74 Å². The van der Waals surface area contributed by atoms with Crippen molar-refractivity contribution in [2.24, 2.45) is 0 Å². The minimum absolute atomic E-state index is 0.0558. The van der Waals surface area contributed by atoms with E-state index in [1.807, 2.05) is 67.6 Å². The van der Waals surface area contributed by atoms with E-state index < -0.39 is 0 Å². The Hall–Kier alpha value is -3.20. The zero-order valence-electron chi connectivity index (χ0n) is 15.9. The second kappa shape index (κ2) is 7.81. The van der Waals surface area contributed by atoms with E-state index in [9.17, 15) is 9.59 Å². The van der Waals surface area contributed by atoms with Crippen molar-refractivity contribution in [3.05, 3.63) is 95.1 Å². The van der Waals surface area contributed by atoms with E-state index in [0.717, 1.165) is 17.5 Å². The molecule has 4 rings (SSSR count). The molecule has 0 aromatic heterocycles. The lowest BCUT2D eigenvalue weighted by Crippen LogP contribution is -2.15. The van der Waals surface area contributed by atoms with E-state index in [1.165, 1.54) is 16.7 Å². The third-order valence-corrected chi connectivity index (χ3v) is 5.33. The monoisotopic (exact) mass is 370 g/mol. The van der Waals surface area contributed by atoms with Gasteiger partial charge in [-0.2, -0.15) is 0 Å². The molecule has 0 bridgehead atoms. The van der Waals surface area contributed by atoms with Crippen molar-refractivity contribution in [1.82, 2.24) is 0 Å². The van der Waals surface area contributed by atoms with Crippen LogP contribution in [0.1, 0.15) is 46.3 Å². The summed E-state index contributed by atoms with van der Waals surface area (Å²) in [6.07, 6.45) is 1.15. The zero-order chi connectivity index (χ0) is 19.5.